The molecule has 5 heteroatoms. The molecule has 2 aliphatic rings. The van der Waals surface area contributed by atoms with E-state index in [1.807, 2.05) is 32.9 Å². The number of carboxylic acid groups (broad SMARTS) is 1. The summed E-state index contributed by atoms with van der Waals surface area (Å²) in [6.45, 7) is 9.67. The highest BCUT2D eigenvalue weighted by atomic mass is 16.5. The Morgan fingerprint density at radius 2 is 2.17 bits per heavy atom. The Labute approximate surface area is 144 Å². The van der Waals surface area contributed by atoms with E-state index in [0.717, 1.165) is 38.1 Å². The molecule has 0 aliphatic carbocycles. The zero-order valence-corrected chi connectivity index (χ0v) is 15.1. The minimum atomic E-state index is -0.831. The first-order valence-corrected chi connectivity index (χ1v) is 8.87. The van der Waals surface area contributed by atoms with E-state index >= 15 is 0 Å². The molecule has 0 bridgehead atoms. The van der Waals surface area contributed by atoms with Gasteiger partial charge in [-0.3, -0.25) is 4.90 Å². The predicted octanol–water partition coefficient (Wildman–Crippen LogP) is 3.76. The summed E-state index contributed by atoms with van der Waals surface area (Å²) in [7, 11) is 0. The maximum Gasteiger partial charge on any atom is 0.408 e. The van der Waals surface area contributed by atoms with Gasteiger partial charge in [0.05, 0.1) is 6.04 Å². The second-order valence-electron chi connectivity index (χ2n) is 7.82. The molecule has 2 heterocycles. The minimum Gasteiger partial charge on any atom is -0.490 e. The largest absolute Gasteiger partial charge is 0.490 e. The summed E-state index contributed by atoms with van der Waals surface area (Å²) in [4.78, 5) is 15.7. The van der Waals surface area contributed by atoms with Crippen LogP contribution in [0.3, 0.4) is 0 Å². The van der Waals surface area contributed by atoms with Gasteiger partial charge < -0.3 is 14.7 Å². The number of benzene rings is 1. The molecule has 3 rings (SSSR count). The lowest BCUT2D eigenvalue weighted by atomic mass is 10.0. The standard InChI is InChI=1S/C19H28N2O3/c1-5-14-11-15-16(7-6-8-17(15)24-14)20-10-9-13(12-20)21(18(22)23)19(2,3)4/h6-8,13-14H,5,9-12H2,1-4H3,(H,22,23)/t13-,14?/m0/s1. The summed E-state index contributed by atoms with van der Waals surface area (Å²) >= 11 is 0. The third kappa shape index (κ3) is 3.04. The first-order chi connectivity index (χ1) is 11.3. The molecule has 1 aromatic rings. The fraction of sp³-hybridized carbons (Fsp3) is 0.632. The molecule has 2 atom stereocenters. The average molecular weight is 332 g/mol. The van der Waals surface area contributed by atoms with Gasteiger partial charge in [0.2, 0.25) is 0 Å². The van der Waals surface area contributed by atoms with Gasteiger partial charge in [0.15, 0.2) is 0 Å². The maximum absolute atomic E-state index is 11.7. The number of hydrogen-bond acceptors (Lipinski definition) is 3. The van der Waals surface area contributed by atoms with Gasteiger partial charge in [-0.05, 0) is 45.7 Å². The molecule has 0 saturated carbocycles. The van der Waals surface area contributed by atoms with E-state index in [4.69, 9.17) is 4.74 Å². The van der Waals surface area contributed by atoms with Crippen LogP contribution < -0.4 is 9.64 Å². The van der Waals surface area contributed by atoms with E-state index in [9.17, 15) is 9.90 Å². The van der Waals surface area contributed by atoms with Crippen molar-refractivity contribution in [2.75, 3.05) is 18.0 Å². The summed E-state index contributed by atoms with van der Waals surface area (Å²) < 4.78 is 5.99. The van der Waals surface area contributed by atoms with Crippen molar-refractivity contribution in [1.29, 1.82) is 0 Å². The molecule has 1 amide bonds. The normalized spacial score (nSPS) is 23.1. The summed E-state index contributed by atoms with van der Waals surface area (Å²) in [6.07, 6.45) is 2.26. The molecule has 2 aliphatic heterocycles. The van der Waals surface area contributed by atoms with Crippen LogP contribution in [0, 0.1) is 0 Å². The van der Waals surface area contributed by atoms with Gasteiger partial charge in [-0.15, -0.1) is 0 Å². The highest BCUT2D eigenvalue weighted by Crippen LogP contribution is 2.39. The molecule has 0 spiro atoms. The zero-order valence-electron chi connectivity index (χ0n) is 15.1. The highest BCUT2D eigenvalue weighted by molar-refractivity contribution is 5.67. The van der Waals surface area contributed by atoms with E-state index in [0.29, 0.717) is 0 Å². The van der Waals surface area contributed by atoms with Gasteiger partial charge in [-0.25, -0.2) is 4.79 Å². The van der Waals surface area contributed by atoms with Gasteiger partial charge in [0, 0.05) is 36.3 Å². The summed E-state index contributed by atoms with van der Waals surface area (Å²) in [5.41, 5.74) is 2.11. The third-order valence-corrected chi connectivity index (χ3v) is 5.09. The van der Waals surface area contributed by atoms with Crippen molar-refractivity contribution in [2.45, 2.75) is 64.6 Å². The van der Waals surface area contributed by atoms with Gasteiger partial charge in [0.1, 0.15) is 11.9 Å². The van der Waals surface area contributed by atoms with Crippen molar-refractivity contribution in [3.8, 4) is 5.75 Å². The van der Waals surface area contributed by atoms with Gasteiger partial charge in [-0.2, -0.15) is 0 Å². The molecular formula is C19H28N2O3. The van der Waals surface area contributed by atoms with Crippen LogP contribution in [0.5, 0.6) is 5.75 Å². The van der Waals surface area contributed by atoms with Crippen molar-refractivity contribution < 1.29 is 14.6 Å². The number of nitrogens with zero attached hydrogens (tertiary/aromatic N) is 2. The quantitative estimate of drug-likeness (QED) is 0.916. The summed E-state index contributed by atoms with van der Waals surface area (Å²) in [5, 5.41) is 9.64. The van der Waals surface area contributed by atoms with Crippen LogP contribution in [0.1, 0.15) is 46.1 Å². The Bertz CT molecular complexity index is 624. The lowest BCUT2D eigenvalue weighted by Gasteiger charge is -2.38. The highest BCUT2D eigenvalue weighted by Gasteiger charge is 2.38. The Morgan fingerprint density at radius 3 is 2.79 bits per heavy atom. The first kappa shape index (κ1) is 16.9. The Balaban J connectivity index is 1.80. The second kappa shape index (κ2) is 6.19. The monoisotopic (exact) mass is 332 g/mol. The molecule has 0 aromatic heterocycles. The van der Waals surface area contributed by atoms with Crippen LogP contribution in [0.4, 0.5) is 10.5 Å². The molecule has 1 saturated heterocycles. The number of amides is 1. The van der Waals surface area contributed by atoms with E-state index in [1.54, 1.807) is 4.90 Å². The smallest absolute Gasteiger partial charge is 0.408 e. The fourth-order valence-corrected chi connectivity index (χ4v) is 4.00. The predicted molar refractivity (Wildman–Crippen MR) is 95.1 cm³/mol. The molecule has 24 heavy (non-hydrogen) atoms. The van der Waals surface area contributed by atoms with Crippen molar-refractivity contribution in [1.82, 2.24) is 4.90 Å². The number of hydrogen-bond donors (Lipinski definition) is 1. The van der Waals surface area contributed by atoms with Crippen LogP contribution in [0.25, 0.3) is 0 Å². The van der Waals surface area contributed by atoms with Crippen LogP contribution in [-0.4, -0.2) is 46.9 Å². The number of ether oxygens (including phenoxy) is 1. The lowest BCUT2D eigenvalue weighted by Crippen LogP contribution is -2.52. The Kier molecular flexibility index (Phi) is 4.37. The number of fused-ring (bicyclic) bond motifs is 1. The summed E-state index contributed by atoms with van der Waals surface area (Å²) in [6, 6.07) is 6.26. The van der Waals surface area contributed by atoms with E-state index < -0.39 is 6.09 Å². The second-order valence-corrected chi connectivity index (χ2v) is 7.82. The molecular weight excluding hydrogens is 304 g/mol. The van der Waals surface area contributed by atoms with E-state index in [-0.39, 0.29) is 17.7 Å². The molecule has 1 aromatic carbocycles. The Morgan fingerprint density at radius 1 is 1.42 bits per heavy atom. The van der Waals surface area contributed by atoms with Crippen molar-refractivity contribution in [3.05, 3.63) is 23.8 Å². The summed E-state index contributed by atoms with van der Waals surface area (Å²) in [5.74, 6) is 0.994. The van der Waals surface area contributed by atoms with Crippen molar-refractivity contribution in [3.63, 3.8) is 0 Å². The van der Waals surface area contributed by atoms with E-state index in [1.165, 1.54) is 11.3 Å². The number of rotatable bonds is 3. The number of carbonyl (C=O) groups is 1. The molecule has 132 valence electrons. The van der Waals surface area contributed by atoms with Crippen molar-refractivity contribution >= 4 is 11.8 Å². The van der Waals surface area contributed by atoms with Gasteiger partial charge >= 0.3 is 6.09 Å². The molecule has 1 fully saturated rings. The maximum atomic E-state index is 11.7. The Hall–Kier alpha value is -1.91. The molecule has 1 N–H and O–H groups in total. The third-order valence-electron chi connectivity index (χ3n) is 5.09. The molecule has 0 radical (unpaired) electrons. The topological polar surface area (TPSA) is 53.0 Å². The van der Waals surface area contributed by atoms with Gasteiger partial charge in [-0.1, -0.05) is 13.0 Å². The molecule has 1 unspecified atom stereocenters. The van der Waals surface area contributed by atoms with Crippen LogP contribution in [0.15, 0.2) is 18.2 Å². The van der Waals surface area contributed by atoms with Crippen LogP contribution in [0.2, 0.25) is 0 Å². The number of anilines is 1. The van der Waals surface area contributed by atoms with E-state index in [2.05, 4.69) is 17.9 Å². The lowest BCUT2D eigenvalue weighted by molar-refractivity contribution is 0.0763. The average Bonchev–Trinajstić information content (AvgIpc) is 3.11. The minimum absolute atomic E-state index is 0.0302. The van der Waals surface area contributed by atoms with Gasteiger partial charge in [0.25, 0.3) is 0 Å². The zero-order chi connectivity index (χ0) is 17.5. The van der Waals surface area contributed by atoms with Crippen LogP contribution in [-0.2, 0) is 6.42 Å². The first-order valence-electron chi connectivity index (χ1n) is 8.87. The SMILES string of the molecule is CCC1Cc2c(cccc2N2CC[C@H](N(C(=O)O)C(C)(C)C)C2)O1. The van der Waals surface area contributed by atoms with Crippen molar-refractivity contribution in [2.24, 2.45) is 0 Å². The fourth-order valence-electron chi connectivity index (χ4n) is 4.00. The van der Waals surface area contributed by atoms with Crippen LogP contribution >= 0.6 is 0 Å². The molecule has 5 nitrogen and oxygen atoms in total.